The number of aliphatic hydroxyl groups excluding tert-OH is 2. The lowest BCUT2D eigenvalue weighted by Gasteiger charge is -2.20. The predicted octanol–water partition coefficient (Wildman–Crippen LogP) is -1.30. The van der Waals surface area contributed by atoms with E-state index in [4.69, 9.17) is 9.84 Å². The molecule has 0 aliphatic carbocycles. The summed E-state index contributed by atoms with van der Waals surface area (Å²) >= 11 is 0. The molecule has 8 heteroatoms. The van der Waals surface area contributed by atoms with Crippen LogP contribution in [0.15, 0.2) is 24.5 Å². The van der Waals surface area contributed by atoms with Crippen molar-refractivity contribution in [2.75, 3.05) is 6.61 Å². The number of aliphatic hydroxyl groups is 3. The summed E-state index contributed by atoms with van der Waals surface area (Å²) in [6.07, 6.45) is -1.26. The third-order valence-electron chi connectivity index (χ3n) is 2.86. The average Bonchev–Trinajstić information content (AvgIpc) is 2.88. The highest BCUT2D eigenvalue weighted by Gasteiger charge is 2.65. The fraction of sp³-hybridized carbons (Fsp3) is 0.556. The molecule has 1 saturated heterocycles. The van der Waals surface area contributed by atoms with Crippen molar-refractivity contribution in [3.05, 3.63) is 34.6 Å². The summed E-state index contributed by atoms with van der Waals surface area (Å²) in [5.74, 6) is 0. The van der Waals surface area contributed by atoms with Gasteiger partial charge < -0.3 is 24.6 Å². The van der Waals surface area contributed by atoms with Crippen LogP contribution in [0.25, 0.3) is 0 Å². The summed E-state index contributed by atoms with van der Waals surface area (Å²) in [7, 11) is 0. The molecule has 0 aromatic carbocycles. The van der Waals surface area contributed by atoms with Crippen molar-refractivity contribution in [1.29, 1.82) is 0 Å². The monoisotopic (exact) mass is 244 g/mol. The molecule has 1 aliphatic heterocycles. The molecule has 94 valence electrons. The Kier molecular flexibility index (Phi) is 2.87. The number of nitro groups is 1. The van der Waals surface area contributed by atoms with Crippen LogP contribution in [0.2, 0.25) is 0 Å². The van der Waals surface area contributed by atoms with Gasteiger partial charge in [0.2, 0.25) is 0 Å². The zero-order chi connectivity index (χ0) is 12.6. The van der Waals surface area contributed by atoms with E-state index < -0.39 is 35.7 Å². The largest absolute Gasteiger partial charge is 0.393 e. The van der Waals surface area contributed by atoms with E-state index in [9.17, 15) is 20.3 Å². The van der Waals surface area contributed by atoms with E-state index in [1.165, 1.54) is 17.0 Å². The number of aromatic nitrogens is 1. The molecule has 0 bridgehead atoms. The first-order valence-electron chi connectivity index (χ1n) is 4.95. The lowest BCUT2D eigenvalue weighted by molar-refractivity contribution is -0.640. The second kappa shape index (κ2) is 4.08. The van der Waals surface area contributed by atoms with Gasteiger partial charge in [-0.15, -0.1) is 0 Å². The molecular weight excluding hydrogens is 232 g/mol. The van der Waals surface area contributed by atoms with Gasteiger partial charge in [0.15, 0.2) is 18.4 Å². The molecule has 8 nitrogen and oxygen atoms in total. The van der Waals surface area contributed by atoms with Crippen LogP contribution in [-0.2, 0) is 4.74 Å². The Hall–Kier alpha value is -1.48. The van der Waals surface area contributed by atoms with Crippen LogP contribution in [0.3, 0.4) is 0 Å². The van der Waals surface area contributed by atoms with Gasteiger partial charge >= 0.3 is 5.72 Å². The Morgan fingerprint density at radius 1 is 1.47 bits per heavy atom. The number of ether oxygens (including phenoxy) is 1. The number of nitrogens with zero attached hydrogens (tertiary/aromatic N) is 2. The van der Waals surface area contributed by atoms with E-state index >= 15 is 0 Å². The highest BCUT2D eigenvalue weighted by Crippen LogP contribution is 2.37. The van der Waals surface area contributed by atoms with Crippen LogP contribution in [0, 0.1) is 10.1 Å². The Morgan fingerprint density at radius 2 is 2.06 bits per heavy atom. The normalized spacial score (nSPS) is 37.2. The Balaban J connectivity index is 2.34. The van der Waals surface area contributed by atoms with Gasteiger partial charge in [-0.1, -0.05) is 0 Å². The van der Waals surface area contributed by atoms with Crippen LogP contribution in [0.4, 0.5) is 0 Å². The molecule has 0 spiro atoms. The smallest absolute Gasteiger partial charge is 0.381 e. The van der Waals surface area contributed by atoms with E-state index in [-0.39, 0.29) is 0 Å². The van der Waals surface area contributed by atoms with E-state index in [1.807, 2.05) is 0 Å². The average molecular weight is 244 g/mol. The molecule has 4 atom stereocenters. The fourth-order valence-electron chi connectivity index (χ4n) is 1.90. The summed E-state index contributed by atoms with van der Waals surface area (Å²) in [5, 5.41) is 39.4. The molecule has 2 heterocycles. The molecule has 17 heavy (non-hydrogen) atoms. The quantitative estimate of drug-likeness (QED) is 0.345. The first-order chi connectivity index (χ1) is 8.01. The molecule has 3 N–H and O–H groups in total. The highest BCUT2D eigenvalue weighted by atomic mass is 16.7. The van der Waals surface area contributed by atoms with Crippen molar-refractivity contribution in [2.45, 2.75) is 24.2 Å². The van der Waals surface area contributed by atoms with Gasteiger partial charge in [0.05, 0.1) is 11.5 Å². The summed E-state index contributed by atoms with van der Waals surface area (Å²) in [4.78, 5) is 9.77. The van der Waals surface area contributed by atoms with Gasteiger partial charge in [0.25, 0.3) is 0 Å². The highest BCUT2D eigenvalue weighted by molar-refractivity contribution is 5.00. The van der Waals surface area contributed by atoms with E-state index in [0.717, 1.165) is 0 Å². The van der Waals surface area contributed by atoms with Gasteiger partial charge in [-0.2, -0.15) is 0 Å². The van der Waals surface area contributed by atoms with Crippen LogP contribution in [0.1, 0.15) is 6.23 Å². The molecule has 2 rings (SSSR count). The minimum Gasteiger partial charge on any atom is -0.393 e. The molecular formula is C9H12N2O6. The van der Waals surface area contributed by atoms with Crippen molar-refractivity contribution in [2.24, 2.45) is 0 Å². The molecule has 1 aromatic heterocycles. The molecule has 1 fully saturated rings. The molecule has 0 radical (unpaired) electrons. The first-order valence-corrected chi connectivity index (χ1v) is 4.95. The number of hydrogen-bond acceptors (Lipinski definition) is 6. The van der Waals surface area contributed by atoms with Gasteiger partial charge in [0.1, 0.15) is 0 Å². The zero-order valence-corrected chi connectivity index (χ0v) is 8.71. The molecule has 0 amide bonds. The second-order valence-corrected chi connectivity index (χ2v) is 3.81. The first kappa shape index (κ1) is 12.0. The maximum Gasteiger partial charge on any atom is 0.381 e. The SMILES string of the molecule is O=[N+]([O-])[C@@]1(O)[C@@H](CO)OC(n2cccc2)[C@@H]1O. The van der Waals surface area contributed by atoms with Crippen molar-refractivity contribution in [3.8, 4) is 0 Å². The lowest BCUT2D eigenvalue weighted by atomic mass is 10.0. The Labute approximate surface area is 95.8 Å². The number of rotatable bonds is 3. The fourth-order valence-corrected chi connectivity index (χ4v) is 1.90. The van der Waals surface area contributed by atoms with Crippen molar-refractivity contribution < 1.29 is 25.0 Å². The Bertz CT molecular complexity index is 408. The molecule has 1 unspecified atom stereocenters. The summed E-state index contributed by atoms with van der Waals surface area (Å²) < 4.78 is 6.50. The zero-order valence-electron chi connectivity index (χ0n) is 8.71. The lowest BCUT2D eigenvalue weighted by Crippen LogP contribution is -2.55. The van der Waals surface area contributed by atoms with Crippen LogP contribution >= 0.6 is 0 Å². The summed E-state index contributed by atoms with van der Waals surface area (Å²) in [5.41, 5.74) is -2.70. The van der Waals surface area contributed by atoms with E-state index in [0.29, 0.717) is 0 Å². The topological polar surface area (TPSA) is 118 Å². The standard InChI is InChI=1S/C9H12N2O6/c12-5-6-9(14,11(15)16)7(13)8(17-6)10-3-1-2-4-10/h1-4,6-8,12-14H,5H2/t6-,7+,8?,9-/m1/s1. The molecule has 1 aromatic rings. The van der Waals surface area contributed by atoms with Crippen molar-refractivity contribution in [3.63, 3.8) is 0 Å². The van der Waals surface area contributed by atoms with Crippen LogP contribution < -0.4 is 0 Å². The maximum atomic E-state index is 10.8. The summed E-state index contributed by atoms with van der Waals surface area (Å²) in [6, 6.07) is 3.29. The van der Waals surface area contributed by atoms with Crippen molar-refractivity contribution in [1.82, 2.24) is 4.57 Å². The Morgan fingerprint density at radius 3 is 2.47 bits per heavy atom. The number of hydrogen-bond donors (Lipinski definition) is 3. The van der Waals surface area contributed by atoms with Gasteiger partial charge in [0, 0.05) is 12.4 Å². The minimum absolute atomic E-state index is 0.758. The second-order valence-electron chi connectivity index (χ2n) is 3.81. The van der Waals surface area contributed by atoms with Gasteiger partial charge in [-0.25, -0.2) is 0 Å². The predicted molar refractivity (Wildman–Crippen MR) is 53.4 cm³/mol. The van der Waals surface area contributed by atoms with E-state index in [2.05, 4.69) is 0 Å². The minimum atomic E-state index is -2.70. The van der Waals surface area contributed by atoms with Crippen LogP contribution in [-0.4, -0.2) is 49.3 Å². The van der Waals surface area contributed by atoms with Crippen LogP contribution in [0.5, 0.6) is 0 Å². The van der Waals surface area contributed by atoms with Gasteiger partial charge in [-0.05, 0) is 12.1 Å². The summed E-state index contributed by atoms with van der Waals surface area (Å²) in [6.45, 7) is -0.758. The third kappa shape index (κ3) is 1.62. The molecule has 1 aliphatic rings. The molecule has 0 saturated carbocycles. The van der Waals surface area contributed by atoms with E-state index in [1.54, 1.807) is 12.1 Å². The maximum absolute atomic E-state index is 10.8. The van der Waals surface area contributed by atoms with Crippen molar-refractivity contribution >= 4 is 0 Å². The van der Waals surface area contributed by atoms with Gasteiger partial charge in [-0.3, -0.25) is 10.1 Å². The third-order valence-corrected chi connectivity index (χ3v) is 2.86.